The lowest BCUT2D eigenvalue weighted by Crippen LogP contribution is -2.41. The molecule has 34 heavy (non-hydrogen) atoms. The number of rotatable bonds is 9. The summed E-state index contributed by atoms with van der Waals surface area (Å²) in [6.07, 6.45) is 0.483. The Balaban J connectivity index is 1.59. The van der Waals surface area contributed by atoms with Crippen molar-refractivity contribution in [3.05, 3.63) is 65.2 Å². The minimum atomic E-state index is -0.323. The van der Waals surface area contributed by atoms with Gasteiger partial charge in [-0.25, -0.2) is 0 Å². The van der Waals surface area contributed by atoms with Crippen LogP contribution in [0.5, 0.6) is 11.5 Å². The van der Waals surface area contributed by atoms with Crippen molar-refractivity contribution in [2.45, 2.75) is 18.2 Å². The first-order valence-electron chi connectivity index (χ1n) is 10.9. The molecule has 1 aliphatic rings. The minimum Gasteiger partial charge on any atom is -0.493 e. The second-order valence-electron chi connectivity index (χ2n) is 7.63. The lowest BCUT2D eigenvalue weighted by molar-refractivity contribution is -0.139. The molecule has 1 aliphatic heterocycles. The van der Waals surface area contributed by atoms with Gasteiger partial charge < -0.3 is 14.2 Å². The van der Waals surface area contributed by atoms with Gasteiger partial charge in [0.1, 0.15) is 0 Å². The molecule has 3 aromatic carbocycles. The zero-order chi connectivity index (χ0) is 24.2. The van der Waals surface area contributed by atoms with Gasteiger partial charge in [0.15, 0.2) is 11.5 Å². The molecule has 0 N–H and O–H groups in total. The summed E-state index contributed by atoms with van der Waals surface area (Å²) in [6, 6.07) is 14.5. The van der Waals surface area contributed by atoms with E-state index < -0.39 is 0 Å². The molecule has 7 nitrogen and oxygen atoms in total. The van der Waals surface area contributed by atoms with Crippen molar-refractivity contribution < 1.29 is 28.6 Å². The molecule has 4 rings (SSSR count). The SMILES string of the molecule is CCOC(=O)CSc1ccc2c3c(cccc13)C(=O)N(CCc1ccc(OC)c(OC)c1)C2=O. The van der Waals surface area contributed by atoms with Gasteiger partial charge in [-0.3, -0.25) is 19.3 Å². The summed E-state index contributed by atoms with van der Waals surface area (Å²) in [7, 11) is 3.14. The van der Waals surface area contributed by atoms with E-state index >= 15 is 0 Å². The number of nitrogens with zero attached hydrogens (tertiary/aromatic N) is 1. The maximum atomic E-state index is 13.3. The van der Waals surface area contributed by atoms with Gasteiger partial charge in [-0.1, -0.05) is 18.2 Å². The smallest absolute Gasteiger partial charge is 0.316 e. The third kappa shape index (κ3) is 4.46. The quantitative estimate of drug-likeness (QED) is 0.256. The lowest BCUT2D eigenvalue weighted by Gasteiger charge is -2.28. The van der Waals surface area contributed by atoms with Crippen LogP contribution in [-0.2, 0) is 16.0 Å². The number of carbonyl (C=O) groups excluding carboxylic acids is 3. The Bertz CT molecular complexity index is 1250. The summed E-state index contributed by atoms with van der Waals surface area (Å²) in [5.74, 6) is 0.424. The molecule has 0 unspecified atom stereocenters. The highest BCUT2D eigenvalue weighted by atomic mass is 32.2. The van der Waals surface area contributed by atoms with Crippen LogP contribution in [0.3, 0.4) is 0 Å². The molecule has 1 heterocycles. The summed E-state index contributed by atoms with van der Waals surface area (Å²) >= 11 is 1.33. The molecule has 0 saturated carbocycles. The Labute approximate surface area is 202 Å². The van der Waals surface area contributed by atoms with E-state index in [-0.39, 0.29) is 30.1 Å². The molecule has 0 aromatic heterocycles. The van der Waals surface area contributed by atoms with Crippen LogP contribution in [0.15, 0.2) is 53.4 Å². The number of thioether (sulfide) groups is 1. The van der Waals surface area contributed by atoms with Crippen molar-refractivity contribution in [1.82, 2.24) is 4.90 Å². The number of methoxy groups -OCH3 is 2. The number of esters is 1. The van der Waals surface area contributed by atoms with Crippen LogP contribution < -0.4 is 9.47 Å². The number of ether oxygens (including phenoxy) is 3. The number of hydrogen-bond donors (Lipinski definition) is 0. The Morgan fingerprint density at radius 1 is 0.941 bits per heavy atom. The monoisotopic (exact) mass is 479 g/mol. The van der Waals surface area contributed by atoms with Crippen molar-refractivity contribution in [2.75, 3.05) is 33.1 Å². The van der Waals surface area contributed by atoms with E-state index in [0.29, 0.717) is 41.0 Å². The molecular weight excluding hydrogens is 454 g/mol. The number of carbonyl (C=O) groups is 3. The number of imide groups is 1. The topological polar surface area (TPSA) is 82.1 Å². The van der Waals surface area contributed by atoms with E-state index in [1.54, 1.807) is 45.4 Å². The minimum absolute atomic E-state index is 0.159. The molecule has 0 saturated heterocycles. The highest BCUT2D eigenvalue weighted by molar-refractivity contribution is 8.00. The first-order valence-corrected chi connectivity index (χ1v) is 11.9. The standard InChI is InChI=1S/C26H25NO6S/c1-4-33-23(28)15-34-22-11-9-19-24-17(22)6-5-7-18(24)25(29)27(26(19)30)13-12-16-8-10-20(31-2)21(14-16)32-3/h5-11,14H,4,12-13,15H2,1-3H3. The molecule has 0 fully saturated rings. The normalized spacial score (nSPS) is 12.7. The van der Waals surface area contributed by atoms with E-state index in [0.717, 1.165) is 15.8 Å². The van der Waals surface area contributed by atoms with Crippen LogP contribution in [0.4, 0.5) is 0 Å². The molecule has 176 valence electrons. The number of benzene rings is 3. The van der Waals surface area contributed by atoms with Crippen LogP contribution in [0, 0.1) is 0 Å². The van der Waals surface area contributed by atoms with Crippen molar-refractivity contribution in [3.8, 4) is 11.5 Å². The zero-order valence-electron chi connectivity index (χ0n) is 19.3. The summed E-state index contributed by atoms with van der Waals surface area (Å²) in [5.41, 5.74) is 1.89. The van der Waals surface area contributed by atoms with Crippen LogP contribution in [-0.4, -0.2) is 55.8 Å². The van der Waals surface area contributed by atoms with Crippen molar-refractivity contribution in [1.29, 1.82) is 0 Å². The fourth-order valence-electron chi connectivity index (χ4n) is 4.06. The highest BCUT2D eigenvalue weighted by Gasteiger charge is 2.33. The summed E-state index contributed by atoms with van der Waals surface area (Å²) in [4.78, 5) is 40.5. The van der Waals surface area contributed by atoms with E-state index in [2.05, 4.69) is 0 Å². The molecule has 0 spiro atoms. The third-order valence-electron chi connectivity index (χ3n) is 5.67. The van der Waals surface area contributed by atoms with Gasteiger partial charge in [0, 0.05) is 28.0 Å². The molecule has 0 radical (unpaired) electrons. The van der Waals surface area contributed by atoms with E-state index in [9.17, 15) is 14.4 Å². The van der Waals surface area contributed by atoms with Gasteiger partial charge in [-0.05, 0) is 54.6 Å². The first-order chi connectivity index (χ1) is 16.5. The molecular formula is C26H25NO6S. The molecule has 0 aliphatic carbocycles. The summed E-state index contributed by atoms with van der Waals surface area (Å²) in [6.45, 7) is 2.33. The Morgan fingerprint density at radius 3 is 2.38 bits per heavy atom. The Kier molecular flexibility index (Phi) is 7.07. The Morgan fingerprint density at radius 2 is 1.68 bits per heavy atom. The van der Waals surface area contributed by atoms with E-state index in [1.807, 2.05) is 24.3 Å². The highest BCUT2D eigenvalue weighted by Crippen LogP contribution is 2.36. The van der Waals surface area contributed by atoms with Crippen molar-refractivity contribution in [2.24, 2.45) is 0 Å². The van der Waals surface area contributed by atoms with Crippen LogP contribution in [0.2, 0.25) is 0 Å². The van der Waals surface area contributed by atoms with E-state index in [4.69, 9.17) is 14.2 Å². The first kappa shape index (κ1) is 23.6. The average molecular weight is 480 g/mol. The van der Waals surface area contributed by atoms with Crippen molar-refractivity contribution >= 4 is 40.3 Å². The maximum Gasteiger partial charge on any atom is 0.316 e. The van der Waals surface area contributed by atoms with Crippen molar-refractivity contribution in [3.63, 3.8) is 0 Å². The van der Waals surface area contributed by atoms with Crippen LogP contribution in [0.25, 0.3) is 10.8 Å². The van der Waals surface area contributed by atoms with Gasteiger partial charge in [0.25, 0.3) is 11.8 Å². The maximum absolute atomic E-state index is 13.3. The third-order valence-corrected chi connectivity index (χ3v) is 6.72. The van der Waals surface area contributed by atoms with Gasteiger partial charge >= 0.3 is 5.97 Å². The van der Waals surface area contributed by atoms with Gasteiger partial charge in [-0.2, -0.15) is 0 Å². The number of amides is 2. The molecule has 2 amide bonds. The van der Waals surface area contributed by atoms with Crippen LogP contribution in [0.1, 0.15) is 33.2 Å². The summed E-state index contributed by atoms with van der Waals surface area (Å²) in [5, 5.41) is 1.42. The predicted octanol–water partition coefficient (Wildman–Crippen LogP) is 4.35. The molecule has 3 aromatic rings. The van der Waals surface area contributed by atoms with Crippen LogP contribution >= 0.6 is 11.8 Å². The predicted molar refractivity (Wildman–Crippen MR) is 130 cm³/mol. The van der Waals surface area contributed by atoms with Gasteiger partial charge in [0.2, 0.25) is 0 Å². The lowest BCUT2D eigenvalue weighted by atomic mass is 9.93. The largest absolute Gasteiger partial charge is 0.493 e. The second kappa shape index (κ2) is 10.2. The Hall–Kier alpha value is -3.52. The van der Waals surface area contributed by atoms with E-state index in [1.165, 1.54) is 16.7 Å². The zero-order valence-corrected chi connectivity index (χ0v) is 20.1. The average Bonchev–Trinajstić information content (AvgIpc) is 2.86. The summed E-state index contributed by atoms with van der Waals surface area (Å²) < 4.78 is 15.6. The molecule has 0 bridgehead atoms. The van der Waals surface area contributed by atoms with Gasteiger partial charge in [-0.15, -0.1) is 11.8 Å². The number of hydrogen-bond acceptors (Lipinski definition) is 7. The fourth-order valence-corrected chi connectivity index (χ4v) is 4.91. The fraction of sp³-hybridized carbons (Fsp3) is 0.269. The second-order valence-corrected chi connectivity index (χ2v) is 8.65. The molecule has 8 heteroatoms. The van der Waals surface area contributed by atoms with Gasteiger partial charge in [0.05, 0.1) is 26.6 Å². The molecule has 0 atom stereocenters.